The summed E-state index contributed by atoms with van der Waals surface area (Å²) >= 11 is 0. The lowest BCUT2D eigenvalue weighted by molar-refractivity contribution is -0.428. The summed E-state index contributed by atoms with van der Waals surface area (Å²) < 4.78 is 40.4. The van der Waals surface area contributed by atoms with E-state index in [1.165, 1.54) is 35.6 Å². The molecule has 29 heavy (non-hydrogen) atoms. The van der Waals surface area contributed by atoms with E-state index >= 15 is 0 Å². The van der Waals surface area contributed by atoms with Crippen LogP contribution in [-0.2, 0) is 10.0 Å². The van der Waals surface area contributed by atoms with Crippen LogP contribution in [0, 0.1) is 10.7 Å². The molecule has 11 heteroatoms. The van der Waals surface area contributed by atoms with E-state index in [0.717, 1.165) is 12.1 Å². The molecular formula is C18H20FN4O5S+. The van der Waals surface area contributed by atoms with E-state index in [0.29, 0.717) is 23.5 Å². The average molecular weight is 423 g/mol. The molecule has 1 heterocycles. The Morgan fingerprint density at radius 1 is 1.10 bits per heavy atom. The average Bonchev–Trinajstić information content (AvgIpc) is 2.73. The number of halogens is 1. The first-order valence-electron chi connectivity index (χ1n) is 8.74. The van der Waals surface area contributed by atoms with Gasteiger partial charge in [-0.05, 0) is 30.3 Å². The number of hydrogen-bond acceptors (Lipinski definition) is 6. The molecule has 0 aromatic heterocycles. The number of rotatable bonds is 5. The molecule has 0 bridgehead atoms. The fourth-order valence-electron chi connectivity index (χ4n) is 3.16. The molecule has 1 amide bonds. The summed E-state index contributed by atoms with van der Waals surface area (Å²) in [6.07, 6.45) is 0. The van der Waals surface area contributed by atoms with Crippen LogP contribution in [0.15, 0.2) is 47.4 Å². The molecule has 0 spiro atoms. The third-order valence-electron chi connectivity index (χ3n) is 4.72. The van der Waals surface area contributed by atoms with Crippen LogP contribution in [0.25, 0.3) is 0 Å². The molecule has 1 saturated heterocycles. The van der Waals surface area contributed by atoms with Crippen molar-refractivity contribution in [2.45, 2.75) is 4.90 Å². The molecule has 3 rings (SSSR count). The number of nitrogens with one attached hydrogen (secondary N) is 1. The van der Waals surface area contributed by atoms with Gasteiger partial charge in [-0.25, -0.2) is 18.3 Å². The van der Waals surface area contributed by atoms with Crippen LogP contribution in [-0.4, -0.2) is 61.8 Å². The van der Waals surface area contributed by atoms with Crippen LogP contribution in [0.1, 0.15) is 10.4 Å². The van der Waals surface area contributed by atoms with Gasteiger partial charge in [-0.3, -0.25) is 10.0 Å². The lowest BCUT2D eigenvalue weighted by atomic mass is 10.1. The molecule has 154 valence electrons. The number of carbonyl (C=O) groups excluding carboxylic acids is 1. The van der Waals surface area contributed by atoms with Crippen LogP contribution in [0.4, 0.5) is 15.8 Å². The van der Waals surface area contributed by atoms with Gasteiger partial charge in [-0.2, -0.15) is 4.31 Å². The highest BCUT2D eigenvalue weighted by atomic mass is 32.2. The van der Waals surface area contributed by atoms with Crippen molar-refractivity contribution in [2.75, 3.05) is 38.1 Å². The highest BCUT2D eigenvalue weighted by Gasteiger charge is 2.30. The first-order valence-corrected chi connectivity index (χ1v) is 10.2. The normalized spacial score (nSPS) is 15.2. The standard InChI is InChI=1S/C18H19FN4O5S/c1-21(26)14-4-7-17(16(12-14)18(24)20-25)22-8-10-23(11-9-22)29(27,28)15-5-2-13(19)3-6-15/h2-7,12H,8-11H2,1H3,(H-,20,24,25)/p+1. The number of carbonyl (C=O) groups is 1. The molecule has 9 nitrogen and oxygen atoms in total. The monoisotopic (exact) mass is 423 g/mol. The maximum Gasteiger partial charge on any atom is 0.276 e. The molecule has 2 aromatic rings. The summed E-state index contributed by atoms with van der Waals surface area (Å²) in [6, 6.07) is 9.11. The summed E-state index contributed by atoms with van der Waals surface area (Å²) in [5.74, 6) is -1.29. The van der Waals surface area contributed by atoms with E-state index in [1.54, 1.807) is 16.4 Å². The second-order valence-electron chi connectivity index (χ2n) is 6.48. The minimum Gasteiger partial charge on any atom is -0.368 e. The first-order chi connectivity index (χ1) is 13.7. The van der Waals surface area contributed by atoms with Crippen molar-refractivity contribution in [2.24, 2.45) is 0 Å². The molecule has 0 saturated carbocycles. The maximum atomic E-state index is 13.1. The fraction of sp³-hybridized carbons (Fsp3) is 0.278. The number of amides is 1. The number of nitroso groups, excluding NO2 is 1. The smallest absolute Gasteiger partial charge is 0.276 e. The van der Waals surface area contributed by atoms with Crippen molar-refractivity contribution in [3.05, 3.63) is 58.8 Å². The first kappa shape index (κ1) is 20.8. The van der Waals surface area contributed by atoms with Gasteiger partial charge in [0, 0.05) is 48.0 Å². The third-order valence-corrected chi connectivity index (χ3v) is 6.63. The largest absolute Gasteiger partial charge is 0.368 e. The van der Waals surface area contributed by atoms with Gasteiger partial charge >= 0.3 is 0 Å². The number of piperazine rings is 1. The zero-order valence-corrected chi connectivity index (χ0v) is 16.4. The van der Waals surface area contributed by atoms with Gasteiger partial charge in [0.25, 0.3) is 11.6 Å². The lowest BCUT2D eigenvalue weighted by Gasteiger charge is -2.36. The Morgan fingerprint density at radius 3 is 2.28 bits per heavy atom. The van der Waals surface area contributed by atoms with Gasteiger partial charge in [-0.15, -0.1) is 0 Å². The zero-order valence-electron chi connectivity index (χ0n) is 15.6. The van der Waals surface area contributed by atoms with Gasteiger partial charge in [0.15, 0.2) is 7.05 Å². The quantitative estimate of drug-likeness (QED) is 0.428. The molecule has 0 aliphatic carbocycles. The molecule has 2 aromatic carbocycles. The van der Waals surface area contributed by atoms with Crippen LogP contribution in [0.3, 0.4) is 0 Å². The minimum absolute atomic E-state index is 0.00975. The molecule has 1 aliphatic rings. The Balaban J connectivity index is 1.81. The van der Waals surface area contributed by atoms with Crippen LogP contribution < -0.4 is 10.4 Å². The van der Waals surface area contributed by atoms with E-state index in [-0.39, 0.29) is 29.2 Å². The third kappa shape index (κ3) is 4.26. The van der Waals surface area contributed by atoms with Gasteiger partial charge in [0.1, 0.15) is 5.82 Å². The van der Waals surface area contributed by atoms with Crippen molar-refractivity contribution in [3.63, 3.8) is 0 Å². The molecule has 1 fully saturated rings. The Morgan fingerprint density at radius 2 is 1.72 bits per heavy atom. The number of hydrogen-bond donors (Lipinski definition) is 2. The summed E-state index contributed by atoms with van der Waals surface area (Å²) in [6.45, 7) is 0.892. The van der Waals surface area contributed by atoms with E-state index in [4.69, 9.17) is 5.21 Å². The molecular weight excluding hydrogens is 403 g/mol. The van der Waals surface area contributed by atoms with Gasteiger partial charge in [0.2, 0.25) is 10.0 Å². The van der Waals surface area contributed by atoms with Crippen LogP contribution in [0.2, 0.25) is 0 Å². The van der Waals surface area contributed by atoms with Crippen molar-refractivity contribution >= 4 is 27.3 Å². The van der Waals surface area contributed by atoms with Crippen molar-refractivity contribution in [3.8, 4) is 0 Å². The molecule has 2 N–H and O–H groups in total. The lowest BCUT2D eigenvalue weighted by Crippen LogP contribution is -2.49. The van der Waals surface area contributed by atoms with Gasteiger partial charge < -0.3 is 4.90 Å². The molecule has 0 radical (unpaired) electrons. The summed E-state index contributed by atoms with van der Waals surface area (Å²) in [7, 11) is -2.47. The van der Waals surface area contributed by atoms with Crippen LogP contribution in [0.5, 0.6) is 0 Å². The van der Waals surface area contributed by atoms with Gasteiger partial charge in [-0.1, -0.05) is 0 Å². The Bertz CT molecular complexity index is 1030. The van der Waals surface area contributed by atoms with Gasteiger partial charge in [0.05, 0.1) is 16.1 Å². The number of benzene rings is 2. The second kappa shape index (κ2) is 8.23. The van der Waals surface area contributed by atoms with Crippen molar-refractivity contribution in [1.29, 1.82) is 0 Å². The number of nitrogens with zero attached hydrogens (tertiary/aromatic N) is 3. The SMILES string of the molecule is C[N+](=O)c1ccc(N2CCN(S(=O)(=O)c3ccc(F)cc3)CC2)c(C(=O)NO)c1. The number of anilines is 1. The summed E-state index contributed by atoms with van der Waals surface area (Å²) in [5, 5.41) is 9.01. The van der Waals surface area contributed by atoms with Crippen LogP contribution >= 0.6 is 0 Å². The second-order valence-corrected chi connectivity index (χ2v) is 8.42. The zero-order chi connectivity index (χ0) is 21.2. The number of hydroxylamine groups is 1. The Labute approximate surface area is 166 Å². The molecule has 1 aliphatic heterocycles. The predicted octanol–water partition coefficient (Wildman–Crippen LogP) is 1.50. The highest BCUT2D eigenvalue weighted by molar-refractivity contribution is 7.89. The highest BCUT2D eigenvalue weighted by Crippen LogP contribution is 2.27. The van der Waals surface area contributed by atoms with Crippen molar-refractivity contribution < 1.29 is 27.6 Å². The summed E-state index contributed by atoms with van der Waals surface area (Å²) in [4.78, 5) is 25.4. The number of sulfonamides is 1. The minimum atomic E-state index is -3.76. The Hall–Kier alpha value is -2.89. The van der Waals surface area contributed by atoms with E-state index in [9.17, 15) is 22.5 Å². The topological polar surface area (TPSA) is 110 Å². The fourth-order valence-corrected chi connectivity index (χ4v) is 4.58. The van der Waals surface area contributed by atoms with E-state index in [1.807, 2.05) is 0 Å². The molecule has 0 atom stereocenters. The van der Waals surface area contributed by atoms with E-state index < -0.39 is 21.7 Å². The molecule has 0 unspecified atom stereocenters. The predicted molar refractivity (Wildman–Crippen MR) is 102 cm³/mol. The van der Waals surface area contributed by atoms with Crippen molar-refractivity contribution in [1.82, 2.24) is 9.79 Å². The van der Waals surface area contributed by atoms with E-state index in [2.05, 4.69) is 0 Å². The maximum absolute atomic E-state index is 13.1. The Kier molecular flexibility index (Phi) is 5.91. The summed E-state index contributed by atoms with van der Waals surface area (Å²) in [5.41, 5.74) is 2.38.